The zero-order valence-electron chi connectivity index (χ0n) is 14.4. The third-order valence-corrected chi connectivity index (χ3v) is 6.50. The molecule has 134 valence electrons. The van der Waals surface area contributed by atoms with Crippen LogP contribution in [-0.2, 0) is 0 Å². The highest BCUT2D eigenvalue weighted by molar-refractivity contribution is 6.42. The van der Waals surface area contributed by atoms with Gasteiger partial charge in [0.2, 0.25) is 0 Å². The van der Waals surface area contributed by atoms with E-state index in [1.807, 2.05) is 26.0 Å². The van der Waals surface area contributed by atoms with Crippen molar-refractivity contribution >= 4 is 34.6 Å². The number of fused-ring (bicyclic) bond motifs is 3. The van der Waals surface area contributed by atoms with Crippen molar-refractivity contribution in [1.82, 2.24) is 0 Å². The highest BCUT2D eigenvalue weighted by Gasteiger charge is 2.42. The summed E-state index contributed by atoms with van der Waals surface area (Å²) in [6.45, 7) is 3.96. The number of halogens is 2. The van der Waals surface area contributed by atoms with Crippen LogP contribution in [-0.4, -0.2) is 4.92 Å². The lowest BCUT2D eigenvalue weighted by Gasteiger charge is -2.38. The van der Waals surface area contributed by atoms with Crippen molar-refractivity contribution in [3.8, 4) is 0 Å². The largest absolute Gasteiger partial charge is 0.372 e. The van der Waals surface area contributed by atoms with Crippen molar-refractivity contribution in [3.05, 3.63) is 78.8 Å². The number of nitrogens with one attached hydrogen (secondary N) is 1. The maximum absolute atomic E-state index is 11.7. The lowest BCUT2D eigenvalue weighted by Crippen LogP contribution is -2.30. The molecule has 3 atom stereocenters. The number of nitro benzene ring substituents is 1. The molecule has 6 heteroatoms. The van der Waals surface area contributed by atoms with E-state index in [0.29, 0.717) is 15.7 Å². The fourth-order valence-electron chi connectivity index (χ4n) is 4.29. The van der Waals surface area contributed by atoms with Crippen LogP contribution in [0, 0.1) is 29.9 Å². The fourth-order valence-corrected chi connectivity index (χ4v) is 4.72. The van der Waals surface area contributed by atoms with E-state index in [9.17, 15) is 10.1 Å². The number of nitrogens with zero attached hydrogens (tertiary/aromatic N) is 1. The molecule has 0 fully saturated rings. The Balaban J connectivity index is 1.94. The number of rotatable bonds is 2. The van der Waals surface area contributed by atoms with E-state index in [1.165, 1.54) is 0 Å². The minimum absolute atomic E-state index is 0.116. The molecule has 4 rings (SSSR count). The molecule has 0 aromatic heterocycles. The summed E-state index contributed by atoms with van der Waals surface area (Å²) in [5, 5.41) is 16.1. The lowest BCUT2D eigenvalue weighted by molar-refractivity contribution is -0.384. The average molecular weight is 389 g/mol. The molecular formula is C20H18Cl2N2O2. The molecule has 1 aliphatic carbocycles. The van der Waals surface area contributed by atoms with E-state index in [0.717, 1.165) is 28.7 Å². The van der Waals surface area contributed by atoms with Gasteiger partial charge in [0.05, 0.1) is 21.0 Å². The Kier molecular flexibility index (Phi) is 4.20. The summed E-state index contributed by atoms with van der Waals surface area (Å²) in [6, 6.07) is 7.09. The normalized spacial score (nSPS) is 23.3. The smallest absolute Gasteiger partial charge is 0.292 e. The molecule has 26 heavy (non-hydrogen) atoms. The lowest BCUT2D eigenvalue weighted by atomic mass is 9.74. The summed E-state index contributed by atoms with van der Waals surface area (Å²) in [5.41, 5.74) is 4.68. The van der Waals surface area contributed by atoms with E-state index in [2.05, 4.69) is 17.5 Å². The van der Waals surface area contributed by atoms with Gasteiger partial charge in [0.15, 0.2) is 0 Å². The Morgan fingerprint density at radius 2 is 2.04 bits per heavy atom. The van der Waals surface area contributed by atoms with Gasteiger partial charge in [0.25, 0.3) is 5.69 Å². The Morgan fingerprint density at radius 3 is 2.77 bits per heavy atom. The number of aryl methyl sites for hydroxylation is 1. The minimum Gasteiger partial charge on any atom is -0.372 e. The van der Waals surface area contributed by atoms with Crippen molar-refractivity contribution in [3.63, 3.8) is 0 Å². The summed E-state index contributed by atoms with van der Waals surface area (Å²) < 4.78 is 0. The fraction of sp³-hybridized carbons (Fsp3) is 0.300. The summed E-state index contributed by atoms with van der Waals surface area (Å²) in [7, 11) is 0. The number of nitro groups is 1. The highest BCUT2D eigenvalue weighted by Crippen LogP contribution is 2.54. The monoisotopic (exact) mass is 388 g/mol. The summed E-state index contributed by atoms with van der Waals surface area (Å²) >= 11 is 12.7. The van der Waals surface area contributed by atoms with Crippen LogP contribution in [0.1, 0.15) is 40.6 Å². The molecule has 0 amide bonds. The first-order valence-electron chi connectivity index (χ1n) is 8.55. The number of hydrogen-bond acceptors (Lipinski definition) is 3. The van der Waals surface area contributed by atoms with E-state index in [4.69, 9.17) is 23.2 Å². The second kappa shape index (κ2) is 6.29. The second-order valence-corrected chi connectivity index (χ2v) is 7.79. The molecule has 0 saturated carbocycles. The van der Waals surface area contributed by atoms with Crippen molar-refractivity contribution in [2.24, 2.45) is 5.92 Å². The van der Waals surface area contributed by atoms with Crippen LogP contribution in [0.25, 0.3) is 0 Å². The molecule has 2 aromatic carbocycles. The van der Waals surface area contributed by atoms with Gasteiger partial charge >= 0.3 is 0 Å². The van der Waals surface area contributed by atoms with Gasteiger partial charge < -0.3 is 5.32 Å². The van der Waals surface area contributed by atoms with Gasteiger partial charge in [-0.25, -0.2) is 0 Å². The molecule has 4 nitrogen and oxygen atoms in total. The number of allylic oxidation sites excluding steroid dienone is 2. The van der Waals surface area contributed by atoms with Gasteiger partial charge in [-0.15, -0.1) is 0 Å². The maximum Gasteiger partial charge on any atom is 0.292 e. The van der Waals surface area contributed by atoms with Crippen LogP contribution in [0.2, 0.25) is 10.0 Å². The molecule has 0 spiro atoms. The maximum atomic E-state index is 11.7. The molecular weight excluding hydrogens is 371 g/mol. The topological polar surface area (TPSA) is 55.2 Å². The predicted octanol–water partition coefficient (Wildman–Crippen LogP) is 6.34. The third kappa shape index (κ3) is 2.51. The van der Waals surface area contributed by atoms with E-state index >= 15 is 0 Å². The van der Waals surface area contributed by atoms with Gasteiger partial charge in [0, 0.05) is 12.0 Å². The highest BCUT2D eigenvalue weighted by atomic mass is 35.5. The van der Waals surface area contributed by atoms with Gasteiger partial charge in [0.1, 0.15) is 5.69 Å². The molecule has 0 bridgehead atoms. The van der Waals surface area contributed by atoms with Crippen molar-refractivity contribution < 1.29 is 4.92 Å². The summed E-state index contributed by atoms with van der Waals surface area (Å²) in [5.74, 6) is 0.378. The third-order valence-electron chi connectivity index (χ3n) is 5.66. The van der Waals surface area contributed by atoms with Crippen molar-refractivity contribution in [2.45, 2.75) is 32.2 Å². The molecule has 1 aliphatic heterocycles. The SMILES string of the molecule is Cc1cc([N+](=O)[O-])c2c(c1C)[C@@H]1C=CC[C@@H]1[C@H](c1cccc(Cl)c1Cl)N2. The van der Waals surface area contributed by atoms with Crippen molar-refractivity contribution in [2.75, 3.05) is 5.32 Å². The summed E-state index contributed by atoms with van der Waals surface area (Å²) in [4.78, 5) is 11.4. The van der Waals surface area contributed by atoms with Crippen LogP contribution in [0.3, 0.4) is 0 Å². The van der Waals surface area contributed by atoms with Crippen LogP contribution < -0.4 is 5.32 Å². The molecule has 0 unspecified atom stereocenters. The zero-order chi connectivity index (χ0) is 18.6. The molecule has 0 radical (unpaired) electrons. The minimum atomic E-state index is -0.312. The van der Waals surface area contributed by atoms with Gasteiger partial charge in [-0.1, -0.05) is 47.5 Å². The number of hydrogen-bond donors (Lipinski definition) is 1. The van der Waals surface area contributed by atoms with Crippen molar-refractivity contribution in [1.29, 1.82) is 0 Å². The standard InChI is InChI=1S/C20H18Cl2N2O2/c1-10-9-16(24(25)26)20-17(11(10)2)12-5-3-6-13(12)19(23-20)14-7-4-8-15(21)18(14)22/h3-5,7-9,12-13,19,23H,6H2,1-2H3/t12-,13+,19-/m1/s1. The molecule has 1 heterocycles. The van der Waals surface area contributed by atoms with E-state index < -0.39 is 0 Å². The summed E-state index contributed by atoms with van der Waals surface area (Å²) in [6.07, 6.45) is 5.23. The molecule has 2 aliphatic rings. The Morgan fingerprint density at radius 1 is 1.27 bits per heavy atom. The van der Waals surface area contributed by atoms with Crippen LogP contribution in [0.5, 0.6) is 0 Å². The van der Waals surface area contributed by atoms with E-state index in [1.54, 1.807) is 12.1 Å². The second-order valence-electron chi connectivity index (χ2n) is 7.00. The Hall–Kier alpha value is -2.04. The number of anilines is 1. The van der Waals surface area contributed by atoms with Crippen LogP contribution in [0.4, 0.5) is 11.4 Å². The quantitative estimate of drug-likeness (QED) is 0.370. The van der Waals surface area contributed by atoms with Crippen LogP contribution in [0.15, 0.2) is 36.4 Å². The van der Waals surface area contributed by atoms with E-state index in [-0.39, 0.29) is 28.5 Å². The molecule has 2 aromatic rings. The van der Waals surface area contributed by atoms with Crippen LogP contribution >= 0.6 is 23.2 Å². The predicted molar refractivity (Wildman–Crippen MR) is 105 cm³/mol. The van der Waals surface area contributed by atoms with Gasteiger partial charge in [-0.3, -0.25) is 10.1 Å². The first-order valence-corrected chi connectivity index (χ1v) is 9.31. The van der Waals surface area contributed by atoms with Gasteiger partial charge in [-0.2, -0.15) is 0 Å². The molecule has 0 saturated heterocycles. The average Bonchev–Trinajstić information content (AvgIpc) is 3.09. The zero-order valence-corrected chi connectivity index (χ0v) is 15.9. The Labute approximate surface area is 162 Å². The van der Waals surface area contributed by atoms with Gasteiger partial charge in [-0.05, 0) is 54.5 Å². The number of benzene rings is 2. The first kappa shape index (κ1) is 17.4. The Bertz CT molecular complexity index is 955. The molecule has 1 N–H and O–H groups in total. The first-order chi connectivity index (χ1) is 12.4.